The summed E-state index contributed by atoms with van der Waals surface area (Å²) in [7, 11) is 0. The second-order valence-electron chi connectivity index (χ2n) is 13.4. The van der Waals surface area contributed by atoms with Gasteiger partial charge < -0.3 is 19.7 Å². The number of piperidine rings is 1. The maximum Gasteiger partial charge on any atom is 0.420 e. The first-order chi connectivity index (χ1) is 20.3. The van der Waals surface area contributed by atoms with Crippen LogP contribution < -0.4 is 10.2 Å². The number of hydrogen-bond acceptors (Lipinski definition) is 8. The van der Waals surface area contributed by atoms with E-state index in [-0.39, 0.29) is 6.09 Å². The lowest BCUT2D eigenvalue weighted by Crippen LogP contribution is -2.42. The summed E-state index contributed by atoms with van der Waals surface area (Å²) >= 11 is 0. The van der Waals surface area contributed by atoms with Crippen LogP contribution in [0.1, 0.15) is 84.3 Å². The fourth-order valence-corrected chi connectivity index (χ4v) is 5.14. The SMILES string of the molecule is CC(C)(C)OC(=O)N1CCC(CNc2cc(N(C(=O)OC(C)(C)C)c3cccc(C#N)c3)n3ncc(C4CC4)c3n2)CC1. The van der Waals surface area contributed by atoms with Gasteiger partial charge in [0.15, 0.2) is 5.65 Å². The normalized spacial score (nSPS) is 16.1. The van der Waals surface area contributed by atoms with E-state index in [2.05, 4.69) is 16.5 Å². The highest BCUT2D eigenvalue weighted by Crippen LogP contribution is 2.43. The lowest BCUT2D eigenvalue weighted by atomic mass is 9.97. The van der Waals surface area contributed by atoms with Gasteiger partial charge in [0.25, 0.3) is 0 Å². The Kier molecular flexibility index (Phi) is 8.23. The molecule has 1 saturated carbocycles. The van der Waals surface area contributed by atoms with Crippen LogP contribution in [0.5, 0.6) is 0 Å². The third-order valence-corrected chi connectivity index (χ3v) is 7.37. The Balaban J connectivity index is 1.44. The van der Waals surface area contributed by atoms with Crippen molar-refractivity contribution in [2.45, 2.75) is 84.3 Å². The van der Waals surface area contributed by atoms with Gasteiger partial charge >= 0.3 is 12.2 Å². The second-order valence-corrected chi connectivity index (χ2v) is 13.4. The average molecular weight is 588 g/mol. The van der Waals surface area contributed by atoms with Gasteiger partial charge in [-0.3, -0.25) is 0 Å². The van der Waals surface area contributed by atoms with Gasteiger partial charge in [0.05, 0.1) is 23.5 Å². The molecule has 2 fully saturated rings. The summed E-state index contributed by atoms with van der Waals surface area (Å²) in [5.41, 5.74) is 1.38. The van der Waals surface area contributed by atoms with E-state index in [0.717, 1.165) is 31.2 Å². The van der Waals surface area contributed by atoms with Gasteiger partial charge in [-0.2, -0.15) is 14.9 Å². The van der Waals surface area contributed by atoms with Crippen LogP contribution in [0.2, 0.25) is 0 Å². The van der Waals surface area contributed by atoms with E-state index in [0.29, 0.717) is 60.0 Å². The minimum absolute atomic E-state index is 0.272. The summed E-state index contributed by atoms with van der Waals surface area (Å²) in [5.74, 6) is 1.80. The molecule has 2 aliphatic rings. The highest BCUT2D eigenvalue weighted by atomic mass is 16.6. The van der Waals surface area contributed by atoms with Crippen molar-refractivity contribution in [3.8, 4) is 6.07 Å². The maximum atomic E-state index is 13.7. The zero-order valence-electron chi connectivity index (χ0n) is 25.9. The first-order valence-corrected chi connectivity index (χ1v) is 14.9. The first-order valence-electron chi connectivity index (χ1n) is 14.9. The average Bonchev–Trinajstić information content (AvgIpc) is 3.69. The van der Waals surface area contributed by atoms with E-state index in [1.807, 2.05) is 47.7 Å². The van der Waals surface area contributed by atoms with Crippen LogP contribution in [0.4, 0.5) is 26.9 Å². The predicted molar refractivity (Wildman–Crippen MR) is 164 cm³/mol. The molecule has 0 spiro atoms. The third-order valence-electron chi connectivity index (χ3n) is 7.37. The van der Waals surface area contributed by atoms with Crippen LogP contribution in [-0.4, -0.2) is 62.5 Å². The number of carbonyl (C=O) groups excluding carboxylic acids is 2. The van der Waals surface area contributed by atoms with Gasteiger partial charge in [0.1, 0.15) is 22.8 Å². The van der Waals surface area contributed by atoms with E-state index in [4.69, 9.17) is 14.5 Å². The molecule has 43 heavy (non-hydrogen) atoms. The number of nitrogens with one attached hydrogen (secondary N) is 1. The number of nitrogens with zero attached hydrogens (tertiary/aromatic N) is 6. The van der Waals surface area contributed by atoms with E-state index in [1.165, 1.54) is 4.90 Å². The van der Waals surface area contributed by atoms with Crippen LogP contribution in [0.15, 0.2) is 36.5 Å². The Morgan fingerprint density at radius 2 is 1.74 bits per heavy atom. The number of fused-ring (bicyclic) bond motifs is 1. The van der Waals surface area contributed by atoms with Crippen LogP contribution in [0.3, 0.4) is 0 Å². The molecule has 0 radical (unpaired) electrons. The number of hydrogen-bond donors (Lipinski definition) is 1. The number of nitriles is 1. The van der Waals surface area contributed by atoms with Crippen molar-refractivity contribution in [1.82, 2.24) is 19.5 Å². The number of rotatable bonds is 6. The molecule has 2 aromatic heterocycles. The lowest BCUT2D eigenvalue weighted by molar-refractivity contribution is 0.0187. The molecule has 1 aliphatic carbocycles. The molecule has 5 rings (SSSR count). The predicted octanol–water partition coefficient (Wildman–Crippen LogP) is 6.61. The topological polar surface area (TPSA) is 125 Å². The van der Waals surface area contributed by atoms with Crippen LogP contribution in [0.25, 0.3) is 5.65 Å². The molecule has 1 aromatic carbocycles. The molecule has 1 aliphatic heterocycles. The highest BCUT2D eigenvalue weighted by molar-refractivity contribution is 5.96. The smallest absolute Gasteiger partial charge is 0.420 e. The maximum absolute atomic E-state index is 13.7. The Morgan fingerprint density at radius 3 is 2.37 bits per heavy atom. The van der Waals surface area contributed by atoms with Crippen molar-refractivity contribution in [3.05, 3.63) is 47.7 Å². The summed E-state index contributed by atoms with van der Waals surface area (Å²) in [6, 6.07) is 10.8. The number of benzene rings is 1. The Labute approximate surface area is 252 Å². The summed E-state index contributed by atoms with van der Waals surface area (Å²) < 4.78 is 13.1. The molecule has 2 amide bonds. The molecule has 11 nitrogen and oxygen atoms in total. The van der Waals surface area contributed by atoms with Gasteiger partial charge in [0.2, 0.25) is 0 Å². The number of ether oxygens (including phenoxy) is 2. The van der Waals surface area contributed by atoms with Crippen LogP contribution in [-0.2, 0) is 9.47 Å². The largest absolute Gasteiger partial charge is 0.444 e. The Hall–Kier alpha value is -4.33. The highest BCUT2D eigenvalue weighted by Gasteiger charge is 2.32. The zero-order chi connectivity index (χ0) is 30.9. The third kappa shape index (κ3) is 7.37. The first kappa shape index (κ1) is 30.1. The lowest BCUT2D eigenvalue weighted by Gasteiger charge is -2.33. The quantitative estimate of drug-likeness (QED) is 0.342. The van der Waals surface area contributed by atoms with Crippen molar-refractivity contribution < 1.29 is 19.1 Å². The van der Waals surface area contributed by atoms with Crippen molar-refractivity contribution >= 4 is 35.2 Å². The minimum atomic E-state index is -0.743. The zero-order valence-corrected chi connectivity index (χ0v) is 25.9. The van der Waals surface area contributed by atoms with Crippen molar-refractivity contribution in [3.63, 3.8) is 0 Å². The standard InChI is InChI=1S/C32H41N7O4/c1-31(2,3)42-29(40)37-14-12-21(13-15-37)19-34-26-17-27(39-28(36-26)25(20-35-39)23-10-11-23)38(30(41)43-32(4,5)6)24-9-7-8-22(16-24)18-33/h7-9,16-17,20-21,23H,10-15,19H2,1-6H3,(H,34,36). The molecule has 1 N–H and O–H groups in total. The van der Waals surface area contributed by atoms with Gasteiger partial charge in [-0.15, -0.1) is 0 Å². The van der Waals surface area contributed by atoms with E-state index < -0.39 is 17.3 Å². The van der Waals surface area contributed by atoms with Crippen LogP contribution in [0, 0.1) is 17.2 Å². The summed E-state index contributed by atoms with van der Waals surface area (Å²) in [6.45, 7) is 13.0. The van der Waals surface area contributed by atoms with Crippen molar-refractivity contribution in [2.24, 2.45) is 5.92 Å². The minimum Gasteiger partial charge on any atom is -0.444 e. The molecule has 0 bridgehead atoms. The number of likely N-dealkylation sites (tertiary alicyclic amines) is 1. The van der Waals surface area contributed by atoms with Gasteiger partial charge in [-0.1, -0.05) is 6.07 Å². The van der Waals surface area contributed by atoms with Gasteiger partial charge in [-0.05, 0) is 97.3 Å². The molecule has 3 aromatic rings. The monoisotopic (exact) mass is 587 g/mol. The molecule has 0 atom stereocenters. The summed E-state index contributed by atoms with van der Waals surface area (Å²) in [5, 5.41) is 17.7. The molecule has 11 heteroatoms. The molecule has 3 heterocycles. The van der Waals surface area contributed by atoms with Crippen molar-refractivity contribution in [1.29, 1.82) is 5.26 Å². The van der Waals surface area contributed by atoms with Crippen molar-refractivity contribution in [2.75, 3.05) is 29.9 Å². The molecular weight excluding hydrogens is 546 g/mol. The molecular formula is C32H41N7O4. The van der Waals surface area contributed by atoms with E-state index >= 15 is 0 Å². The Bertz CT molecular complexity index is 1530. The molecule has 0 unspecified atom stereocenters. The van der Waals surface area contributed by atoms with Gasteiger partial charge in [0, 0.05) is 31.3 Å². The number of anilines is 3. The number of aromatic nitrogens is 3. The molecule has 1 saturated heterocycles. The number of carbonyl (C=O) groups is 2. The van der Waals surface area contributed by atoms with Crippen LogP contribution >= 0.6 is 0 Å². The summed E-state index contributed by atoms with van der Waals surface area (Å²) in [4.78, 5) is 34.4. The van der Waals surface area contributed by atoms with E-state index in [1.54, 1.807) is 39.7 Å². The summed E-state index contributed by atoms with van der Waals surface area (Å²) in [6.07, 6.45) is 4.81. The van der Waals surface area contributed by atoms with E-state index in [9.17, 15) is 14.9 Å². The Morgan fingerprint density at radius 1 is 1.05 bits per heavy atom. The number of amides is 2. The fraction of sp³-hybridized carbons (Fsp3) is 0.531. The second kappa shape index (κ2) is 11.7. The van der Waals surface area contributed by atoms with Gasteiger partial charge in [-0.25, -0.2) is 19.5 Å². The molecule has 228 valence electrons. The fourth-order valence-electron chi connectivity index (χ4n) is 5.14.